The number of amides is 1. The zero-order chi connectivity index (χ0) is 23.4. The van der Waals surface area contributed by atoms with Crippen LogP contribution in [0.5, 0.6) is 11.5 Å². The first-order chi connectivity index (χ1) is 16.0. The normalized spacial score (nSPS) is 16.3. The van der Waals surface area contributed by atoms with Gasteiger partial charge in [0, 0.05) is 17.4 Å². The molecule has 33 heavy (non-hydrogen) atoms. The van der Waals surface area contributed by atoms with Gasteiger partial charge in [-0.15, -0.1) is 0 Å². The fourth-order valence-electron chi connectivity index (χ4n) is 3.75. The third kappa shape index (κ3) is 4.72. The monoisotopic (exact) mass is 446 g/mol. The van der Waals surface area contributed by atoms with Gasteiger partial charge in [-0.25, -0.2) is 4.98 Å². The van der Waals surface area contributed by atoms with Crippen molar-refractivity contribution >= 4 is 23.5 Å². The van der Waals surface area contributed by atoms with Crippen molar-refractivity contribution in [2.45, 2.75) is 25.8 Å². The number of hydrogen-bond donors (Lipinski definition) is 2. The van der Waals surface area contributed by atoms with Crippen LogP contribution in [0.4, 0.5) is 5.69 Å². The van der Waals surface area contributed by atoms with E-state index in [2.05, 4.69) is 20.4 Å². The summed E-state index contributed by atoms with van der Waals surface area (Å²) < 4.78 is 12.7. The minimum absolute atomic E-state index is 0.171. The molecule has 0 fully saturated rings. The molecule has 2 heterocycles. The van der Waals surface area contributed by atoms with E-state index in [-0.39, 0.29) is 5.91 Å². The van der Waals surface area contributed by atoms with Crippen LogP contribution >= 0.6 is 0 Å². The summed E-state index contributed by atoms with van der Waals surface area (Å²) in [6, 6.07) is 10.7. The van der Waals surface area contributed by atoms with E-state index in [0.29, 0.717) is 24.3 Å². The minimum Gasteiger partial charge on any atom is -0.497 e. The highest BCUT2D eigenvalue weighted by atomic mass is 16.5. The highest BCUT2D eigenvalue weighted by Gasteiger charge is 2.23. The van der Waals surface area contributed by atoms with Gasteiger partial charge in [0.05, 0.1) is 38.1 Å². The Labute approximate surface area is 192 Å². The largest absolute Gasteiger partial charge is 0.497 e. The van der Waals surface area contributed by atoms with E-state index in [0.717, 1.165) is 33.9 Å². The van der Waals surface area contributed by atoms with Gasteiger partial charge in [0.2, 0.25) is 5.91 Å². The average Bonchev–Trinajstić information content (AvgIpc) is 3.20. The van der Waals surface area contributed by atoms with Gasteiger partial charge in [-0.05, 0) is 55.7 Å². The molecule has 0 aliphatic carbocycles. The van der Waals surface area contributed by atoms with Crippen LogP contribution < -0.4 is 20.6 Å². The summed E-state index contributed by atoms with van der Waals surface area (Å²) in [6.45, 7) is 1.92. The summed E-state index contributed by atoms with van der Waals surface area (Å²) in [5.41, 5.74) is 4.70. The Hall–Kier alpha value is -4.14. The Morgan fingerprint density at radius 2 is 2.09 bits per heavy atom. The first-order valence-corrected chi connectivity index (χ1v) is 10.5. The number of anilines is 1. The van der Waals surface area contributed by atoms with Gasteiger partial charge in [0.1, 0.15) is 23.3 Å². The van der Waals surface area contributed by atoms with Crippen molar-refractivity contribution < 1.29 is 14.3 Å². The number of aryl methyl sites for hydroxylation is 2. The maximum absolute atomic E-state index is 12.7. The Morgan fingerprint density at radius 1 is 1.24 bits per heavy atom. The zero-order valence-electron chi connectivity index (χ0n) is 18.8. The highest BCUT2D eigenvalue weighted by Crippen LogP contribution is 2.28. The quantitative estimate of drug-likeness (QED) is 0.343. The van der Waals surface area contributed by atoms with Gasteiger partial charge in [-0.3, -0.25) is 9.79 Å². The SMILES string of the molecule is COc1ccc2c(c1)CCC(N=C/C(=N\N)c1ccc(-n3cnc(C)c3)c(OC)c1)C(=O)N2. The second-order valence-electron chi connectivity index (χ2n) is 7.67. The van der Waals surface area contributed by atoms with E-state index < -0.39 is 6.04 Å². The number of aromatic nitrogens is 2. The van der Waals surface area contributed by atoms with Crippen molar-refractivity contribution in [3.8, 4) is 17.2 Å². The summed E-state index contributed by atoms with van der Waals surface area (Å²) in [7, 11) is 3.22. The molecule has 4 rings (SSSR count). The lowest BCUT2D eigenvalue weighted by Crippen LogP contribution is -2.25. The molecule has 1 unspecified atom stereocenters. The first-order valence-electron chi connectivity index (χ1n) is 10.5. The summed E-state index contributed by atoms with van der Waals surface area (Å²) in [4.78, 5) is 21.5. The molecule has 9 heteroatoms. The second-order valence-corrected chi connectivity index (χ2v) is 7.67. The van der Waals surface area contributed by atoms with Crippen molar-refractivity contribution in [1.82, 2.24) is 9.55 Å². The lowest BCUT2D eigenvalue weighted by atomic mass is 10.1. The standard InChI is InChI=1S/C24H26N6O3/c1-15-13-30(14-27-15)22-9-5-17(11-23(22)33-3)21(29-25)12-26-20-7-4-16-10-18(32-2)6-8-19(16)28-24(20)31/h5-6,8-14,20H,4,7,25H2,1-3H3,(H,28,31)/b26-12?,29-21+. The van der Waals surface area contributed by atoms with E-state index in [4.69, 9.17) is 15.3 Å². The molecule has 1 aliphatic rings. The van der Waals surface area contributed by atoms with Crippen LogP contribution in [-0.4, -0.2) is 47.6 Å². The number of methoxy groups -OCH3 is 2. The molecule has 0 saturated carbocycles. The number of carbonyl (C=O) groups excluding carboxylic acids is 1. The number of rotatable bonds is 6. The molecule has 1 aliphatic heterocycles. The van der Waals surface area contributed by atoms with E-state index in [9.17, 15) is 4.79 Å². The zero-order valence-corrected chi connectivity index (χ0v) is 18.8. The lowest BCUT2D eigenvalue weighted by molar-refractivity contribution is -0.117. The third-order valence-electron chi connectivity index (χ3n) is 5.54. The van der Waals surface area contributed by atoms with Gasteiger partial charge in [-0.2, -0.15) is 5.10 Å². The molecule has 1 aromatic heterocycles. The molecule has 0 bridgehead atoms. The highest BCUT2D eigenvalue weighted by molar-refractivity contribution is 6.38. The van der Waals surface area contributed by atoms with E-state index in [1.165, 1.54) is 6.21 Å². The molecule has 1 atom stereocenters. The Balaban J connectivity index is 1.54. The van der Waals surface area contributed by atoms with Crippen LogP contribution in [0.2, 0.25) is 0 Å². The number of aliphatic imine (C=N–C) groups is 1. The summed E-state index contributed by atoms with van der Waals surface area (Å²) in [5.74, 6) is 6.88. The van der Waals surface area contributed by atoms with Crippen molar-refractivity contribution in [3.05, 3.63) is 65.7 Å². The summed E-state index contributed by atoms with van der Waals surface area (Å²) >= 11 is 0. The van der Waals surface area contributed by atoms with Crippen molar-refractivity contribution in [1.29, 1.82) is 0 Å². The molecule has 2 aromatic carbocycles. The molecule has 0 spiro atoms. The number of hydrazone groups is 1. The average molecular weight is 447 g/mol. The predicted molar refractivity (Wildman–Crippen MR) is 128 cm³/mol. The third-order valence-corrected chi connectivity index (χ3v) is 5.54. The number of hydrogen-bond acceptors (Lipinski definition) is 7. The smallest absolute Gasteiger partial charge is 0.249 e. The van der Waals surface area contributed by atoms with Crippen LogP contribution in [0.25, 0.3) is 5.69 Å². The predicted octanol–water partition coefficient (Wildman–Crippen LogP) is 2.89. The number of nitrogens with one attached hydrogen (secondary N) is 1. The molecular weight excluding hydrogens is 420 g/mol. The fraction of sp³-hybridized carbons (Fsp3) is 0.250. The van der Waals surface area contributed by atoms with E-state index >= 15 is 0 Å². The Bertz CT molecular complexity index is 1230. The van der Waals surface area contributed by atoms with Crippen LogP contribution in [0, 0.1) is 6.92 Å². The topological polar surface area (TPSA) is 116 Å². The summed E-state index contributed by atoms with van der Waals surface area (Å²) in [5, 5.41) is 6.82. The maximum atomic E-state index is 12.7. The van der Waals surface area contributed by atoms with Crippen LogP contribution in [-0.2, 0) is 11.2 Å². The first kappa shape index (κ1) is 22.1. The molecule has 3 aromatic rings. The number of ether oxygens (including phenoxy) is 2. The maximum Gasteiger partial charge on any atom is 0.249 e. The van der Waals surface area contributed by atoms with Gasteiger partial charge < -0.3 is 25.2 Å². The molecule has 3 N–H and O–H groups in total. The number of benzene rings is 2. The second kappa shape index (κ2) is 9.56. The number of carbonyl (C=O) groups is 1. The van der Waals surface area contributed by atoms with E-state index in [1.807, 2.05) is 54.1 Å². The summed E-state index contributed by atoms with van der Waals surface area (Å²) in [6.07, 6.45) is 6.42. The number of fused-ring (bicyclic) bond motifs is 1. The molecule has 1 amide bonds. The van der Waals surface area contributed by atoms with Crippen molar-refractivity contribution in [2.75, 3.05) is 19.5 Å². The molecule has 9 nitrogen and oxygen atoms in total. The lowest BCUT2D eigenvalue weighted by Gasteiger charge is -2.12. The number of nitrogens with two attached hydrogens (primary N) is 1. The number of nitrogens with zero attached hydrogens (tertiary/aromatic N) is 4. The molecular formula is C24H26N6O3. The van der Waals surface area contributed by atoms with Crippen LogP contribution in [0.15, 0.2) is 59.0 Å². The number of imidazole rings is 1. The molecule has 0 saturated heterocycles. The van der Waals surface area contributed by atoms with Gasteiger partial charge in [0.25, 0.3) is 0 Å². The fourth-order valence-corrected chi connectivity index (χ4v) is 3.75. The van der Waals surface area contributed by atoms with Crippen LogP contribution in [0.3, 0.4) is 0 Å². The Kier molecular flexibility index (Phi) is 6.39. The molecule has 170 valence electrons. The van der Waals surface area contributed by atoms with Crippen LogP contribution in [0.1, 0.15) is 23.2 Å². The Morgan fingerprint density at radius 3 is 2.79 bits per heavy atom. The molecule has 0 radical (unpaired) electrons. The van der Waals surface area contributed by atoms with Gasteiger partial charge in [0.15, 0.2) is 0 Å². The van der Waals surface area contributed by atoms with Crippen molar-refractivity contribution in [2.24, 2.45) is 15.9 Å². The van der Waals surface area contributed by atoms with Gasteiger partial charge in [-0.1, -0.05) is 6.07 Å². The van der Waals surface area contributed by atoms with E-state index in [1.54, 1.807) is 20.5 Å². The van der Waals surface area contributed by atoms with Crippen molar-refractivity contribution in [3.63, 3.8) is 0 Å². The van der Waals surface area contributed by atoms with Gasteiger partial charge >= 0.3 is 0 Å². The minimum atomic E-state index is -0.560.